The van der Waals surface area contributed by atoms with Crippen molar-refractivity contribution < 1.29 is 10.2 Å². The van der Waals surface area contributed by atoms with E-state index in [9.17, 15) is 0 Å². The molecule has 2 aromatic heterocycles. The molecular weight excluding hydrogens is 208 g/mol. The van der Waals surface area contributed by atoms with Gasteiger partial charge in [0.2, 0.25) is 0 Å². The Morgan fingerprint density at radius 2 is 1.94 bits per heavy atom. The summed E-state index contributed by atoms with van der Waals surface area (Å²) in [4.78, 5) is 14.5. The Balaban J connectivity index is 0.000000168. The summed E-state index contributed by atoms with van der Waals surface area (Å²) in [5, 5.41) is 16.9. The molecule has 6 heteroatoms. The van der Waals surface area contributed by atoms with E-state index < -0.39 is 0 Å². The minimum atomic E-state index is -0.306. The lowest BCUT2D eigenvalue weighted by Gasteiger charge is -2.16. The van der Waals surface area contributed by atoms with Gasteiger partial charge in [0.25, 0.3) is 0 Å². The van der Waals surface area contributed by atoms with Crippen LogP contribution in [0.2, 0.25) is 0 Å². The smallest absolute Gasteiger partial charge is 0.180 e. The van der Waals surface area contributed by atoms with Crippen LogP contribution in [-0.2, 0) is 0 Å². The molecular formula is C10H16N4O2. The number of hydrogen-bond acceptors (Lipinski definition) is 5. The maximum absolute atomic E-state index is 8.43. The zero-order valence-electron chi connectivity index (χ0n) is 9.38. The summed E-state index contributed by atoms with van der Waals surface area (Å²) in [6.07, 6.45) is 4.76. The van der Waals surface area contributed by atoms with Crippen LogP contribution in [0.5, 0.6) is 0 Å². The number of hydrogen-bond donors (Lipinski definition) is 3. The van der Waals surface area contributed by atoms with Gasteiger partial charge in [-0.1, -0.05) is 13.8 Å². The molecule has 0 atom stereocenters. The number of H-pyrrole nitrogens is 1. The van der Waals surface area contributed by atoms with Crippen LogP contribution in [0.25, 0.3) is 11.2 Å². The third-order valence-corrected chi connectivity index (χ3v) is 1.95. The highest BCUT2D eigenvalue weighted by molar-refractivity contribution is 5.67. The Bertz CT molecular complexity index is 391. The van der Waals surface area contributed by atoms with Gasteiger partial charge in [0.1, 0.15) is 11.8 Å². The standard InChI is InChI=1S/C5H4N4.C5H12O2/c1-4-5(8-2-6-1)9-3-7-4;1-5(2,3-6)4-7/h1-3H,(H,6,7,8,9);6-7H,3-4H2,1-2H3. The molecule has 0 bridgehead atoms. The van der Waals surface area contributed by atoms with Gasteiger partial charge in [0.15, 0.2) is 5.65 Å². The maximum atomic E-state index is 8.43. The van der Waals surface area contributed by atoms with E-state index in [1.165, 1.54) is 6.33 Å². The molecule has 3 N–H and O–H groups in total. The lowest BCUT2D eigenvalue weighted by Crippen LogP contribution is -2.20. The molecule has 0 spiro atoms. The quantitative estimate of drug-likeness (QED) is 0.684. The van der Waals surface area contributed by atoms with Crippen molar-refractivity contribution in [2.45, 2.75) is 13.8 Å². The summed E-state index contributed by atoms with van der Waals surface area (Å²) in [6.45, 7) is 3.69. The summed E-state index contributed by atoms with van der Waals surface area (Å²) < 4.78 is 0. The number of aromatic amines is 1. The highest BCUT2D eigenvalue weighted by Gasteiger charge is 2.13. The number of aliphatic hydroxyl groups excluding tert-OH is 2. The SMILES string of the molecule is CC(C)(CO)CO.c1ncc2[nH]cnc2n1. The van der Waals surface area contributed by atoms with E-state index in [0.717, 1.165) is 5.52 Å². The lowest BCUT2D eigenvalue weighted by molar-refractivity contribution is 0.0857. The Hall–Kier alpha value is -1.53. The molecule has 0 aromatic carbocycles. The maximum Gasteiger partial charge on any atom is 0.180 e. The Kier molecular flexibility index (Phi) is 4.33. The number of aliphatic hydroxyl groups is 2. The Labute approximate surface area is 93.4 Å². The molecule has 0 radical (unpaired) electrons. The van der Waals surface area contributed by atoms with E-state index >= 15 is 0 Å². The van der Waals surface area contributed by atoms with Crippen LogP contribution in [0.15, 0.2) is 18.9 Å². The molecule has 0 unspecified atom stereocenters. The monoisotopic (exact) mass is 224 g/mol. The molecule has 6 nitrogen and oxygen atoms in total. The topological polar surface area (TPSA) is 94.9 Å². The van der Waals surface area contributed by atoms with Gasteiger partial charge < -0.3 is 15.2 Å². The van der Waals surface area contributed by atoms with Gasteiger partial charge in [-0.25, -0.2) is 15.0 Å². The van der Waals surface area contributed by atoms with Crippen molar-refractivity contribution in [2.24, 2.45) is 5.41 Å². The van der Waals surface area contributed by atoms with Gasteiger partial charge in [0, 0.05) is 5.41 Å². The van der Waals surface area contributed by atoms with Crippen molar-refractivity contribution >= 4 is 11.2 Å². The van der Waals surface area contributed by atoms with Crippen LogP contribution in [-0.4, -0.2) is 43.4 Å². The fraction of sp³-hybridized carbons (Fsp3) is 0.500. The van der Waals surface area contributed by atoms with Crippen molar-refractivity contribution in [3.05, 3.63) is 18.9 Å². The van der Waals surface area contributed by atoms with E-state index in [0.29, 0.717) is 5.65 Å². The average molecular weight is 224 g/mol. The van der Waals surface area contributed by atoms with Gasteiger partial charge >= 0.3 is 0 Å². The van der Waals surface area contributed by atoms with Crippen molar-refractivity contribution in [2.75, 3.05) is 13.2 Å². The lowest BCUT2D eigenvalue weighted by atomic mass is 9.97. The van der Waals surface area contributed by atoms with Crippen molar-refractivity contribution in [1.29, 1.82) is 0 Å². The molecule has 0 fully saturated rings. The zero-order valence-corrected chi connectivity index (χ0v) is 9.38. The first kappa shape index (κ1) is 12.5. The molecule has 0 aliphatic heterocycles. The summed E-state index contributed by atoms with van der Waals surface area (Å²) in [7, 11) is 0. The summed E-state index contributed by atoms with van der Waals surface area (Å²) >= 11 is 0. The third-order valence-electron chi connectivity index (χ3n) is 1.95. The molecule has 16 heavy (non-hydrogen) atoms. The summed E-state index contributed by atoms with van der Waals surface area (Å²) in [5.41, 5.74) is 1.28. The molecule has 0 aliphatic carbocycles. The van der Waals surface area contributed by atoms with E-state index in [-0.39, 0.29) is 18.6 Å². The second-order valence-electron chi connectivity index (χ2n) is 4.14. The third kappa shape index (κ3) is 3.56. The van der Waals surface area contributed by atoms with Gasteiger partial charge in [-0.2, -0.15) is 0 Å². The average Bonchev–Trinajstić information content (AvgIpc) is 2.78. The van der Waals surface area contributed by atoms with E-state index in [4.69, 9.17) is 10.2 Å². The molecule has 2 aromatic rings. The number of rotatable bonds is 2. The van der Waals surface area contributed by atoms with Crippen LogP contribution in [0, 0.1) is 5.41 Å². The minimum absolute atomic E-state index is 0.0451. The predicted octanol–water partition coefficient (Wildman–Crippen LogP) is 0.350. The molecule has 2 heterocycles. The molecule has 0 saturated heterocycles. The normalized spacial score (nSPS) is 11.0. The van der Waals surface area contributed by atoms with Gasteiger partial charge in [-0.05, 0) is 0 Å². The van der Waals surface area contributed by atoms with Crippen molar-refractivity contribution in [1.82, 2.24) is 19.9 Å². The van der Waals surface area contributed by atoms with E-state index in [2.05, 4.69) is 19.9 Å². The predicted molar refractivity (Wildman–Crippen MR) is 59.6 cm³/mol. The number of imidazole rings is 1. The number of nitrogens with one attached hydrogen (secondary N) is 1. The van der Waals surface area contributed by atoms with Crippen LogP contribution in [0.1, 0.15) is 13.8 Å². The first-order valence-corrected chi connectivity index (χ1v) is 4.90. The highest BCUT2D eigenvalue weighted by Crippen LogP contribution is 2.10. The van der Waals surface area contributed by atoms with Gasteiger partial charge in [0.05, 0.1) is 25.7 Å². The number of fused-ring (bicyclic) bond motifs is 1. The zero-order chi connectivity index (χ0) is 12.0. The van der Waals surface area contributed by atoms with E-state index in [1.807, 2.05) is 0 Å². The van der Waals surface area contributed by atoms with E-state index in [1.54, 1.807) is 26.4 Å². The number of nitrogens with zero attached hydrogens (tertiary/aromatic N) is 3. The van der Waals surface area contributed by atoms with Gasteiger partial charge in [-0.3, -0.25) is 0 Å². The van der Waals surface area contributed by atoms with Crippen LogP contribution in [0.3, 0.4) is 0 Å². The summed E-state index contributed by atoms with van der Waals surface area (Å²) in [5.74, 6) is 0. The van der Waals surface area contributed by atoms with Crippen LogP contribution < -0.4 is 0 Å². The highest BCUT2D eigenvalue weighted by atomic mass is 16.3. The molecule has 88 valence electrons. The molecule has 0 amide bonds. The molecule has 2 rings (SSSR count). The van der Waals surface area contributed by atoms with Gasteiger partial charge in [-0.15, -0.1) is 0 Å². The Morgan fingerprint density at radius 1 is 1.25 bits per heavy atom. The molecule has 0 aliphatic rings. The van der Waals surface area contributed by atoms with Crippen LogP contribution >= 0.6 is 0 Å². The first-order chi connectivity index (χ1) is 7.59. The largest absolute Gasteiger partial charge is 0.396 e. The number of aromatic nitrogens is 4. The van der Waals surface area contributed by atoms with Crippen molar-refractivity contribution in [3.63, 3.8) is 0 Å². The second kappa shape index (κ2) is 5.53. The fourth-order valence-corrected chi connectivity index (χ4v) is 0.741. The minimum Gasteiger partial charge on any atom is -0.396 e. The fourth-order valence-electron chi connectivity index (χ4n) is 0.741. The second-order valence-corrected chi connectivity index (χ2v) is 4.14. The van der Waals surface area contributed by atoms with Crippen molar-refractivity contribution in [3.8, 4) is 0 Å². The Morgan fingerprint density at radius 3 is 2.44 bits per heavy atom. The molecule has 0 saturated carbocycles. The summed E-state index contributed by atoms with van der Waals surface area (Å²) in [6, 6.07) is 0. The van der Waals surface area contributed by atoms with Crippen LogP contribution in [0.4, 0.5) is 0 Å². The first-order valence-electron chi connectivity index (χ1n) is 4.90.